The Morgan fingerprint density at radius 3 is 2.87 bits per heavy atom. The second kappa shape index (κ2) is 9.64. The molecule has 2 atom stereocenters. The number of hydrogen-bond acceptors (Lipinski definition) is 5. The molecule has 0 saturated carbocycles. The van der Waals surface area contributed by atoms with Crippen LogP contribution in [0.3, 0.4) is 0 Å². The van der Waals surface area contributed by atoms with Crippen molar-refractivity contribution >= 4 is 5.91 Å². The molecule has 3 rings (SSSR count). The minimum absolute atomic E-state index is 0.0137. The van der Waals surface area contributed by atoms with Gasteiger partial charge < -0.3 is 20.6 Å². The van der Waals surface area contributed by atoms with Crippen molar-refractivity contribution in [1.82, 2.24) is 14.8 Å². The van der Waals surface area contributed by atoms with Gasteiger partial charge in [0.2, 0.25) is 5.91 Å². The number of rotatable bonds is 8. The third-order valence-corrected chi connectivity index (χ3v) is 5.90. The minimum Gasteiger partial charge on any atom is -0.385 e. The fourth-order valence-corrected chi connectivity index (χ4v) is 4.36. The van der Waals surface area contributed by atoms with Crippen LogP contribution < -0.4 is 5.73 Å². The quantitative estimate of drug-likeness (QED) is 0.691. The van der Waals surface area contributed by atoms with Crippen molar-refractivity contribution in [1.29, 1.82) is 0 Å². The van der Waals surface area contributed by atoms with Crippen molar-refractivity contribution < 1.29 is 14.3 Å². The van der Waals surface area contributed by atoms with Crippen LogP contribution in [0.15, 0.2) is 42.7 Å². The number of nitrogens with two attached hydrogens (primary N) is 1. The average Bonchev–Trinajstić information content (AvgIpc) is 2.70. The van der Waals surface area contributed by atoms with Gasteiger partial charge in [-0.2, -0.15) is 0 Å². The molecule has 6 nitrogen and oxygen atoms in total. The van der Waals surface area contributed by atoms with Crippen LogP contribution in [0.2, 0.25) is 0 Å². The number of likely N-dealkylation sites (tertiary alicyclic amines) is 1. The predicted octanol–water partition coefficient (Wildman–Crippen LogP) is 2.02. The molecule has 7 heteroatoms. The zero-order valence-electron chi connectivity index (χ0n) is 17.7. The molecule has 1 saturated heterocycles. The van der Waals surface area contributed by atoms with Crippen molar-refractivity contribution in [2.24, 2.45) is 11.7 Å². The SMILES string of the molecule is CN(C)C[C@H]1CN(CCCc2cncc(F)c2)CC[C@]1(O)c1cccc(C(N)=O)c1. The van der Waals surface area contributed by atoms with Crippen molar-refractivity contribution in [2.45, 2.75) is 24.9 Å². The van der Waals surface area contributed by atoms with Crippen LogP contribution in [-0.2, 0) is 12.0 Å². The number of carbonyl (C=O) groups excluding carboxylic acids is 1. The summed E-state index contributed by atoms with van der Waals surface area (Å²) in [6.07, 6.45) is 5.17. The molecule has 2 aromatic rings. The number of piperidine rings is 1. The van der Waals surface area contributed by atoms with E-state index < -0.39 is 11.5 Å². The number of carbonyl (C=O) groups is 1. The van der Waals surface area contributed by atoms with E-state index in [4.69, 9.17) is 5.73 Å². The van der Waals surface area contributed by atoms with E-state index in [1.807, 2.05) is 20.2 Å². The molecule has 0 aliphatic carbocycles. The standard InChI is InChI=1S/C23H31FN4O2/c1-27(2)15-20-16-28(9-4-5-17-11-21(24)14-26-13-17)10-8-23(20,30)19-7-3-6-18(12-19)22(25)29/h3,6-7,11-14,20,30H,4-5,8-10,15-16H2,1-2H3,(H2,25,29)/t20-,23-/m0/s1. The van der Waals surface area contributed by atoms with E-state index in [2.05, 4.69) is 14.8 Å². The first kappa shape index (κ1) is 22.3. The maximum atomic E-state index is 13.3. The third-order valence-electron chi connectivity index (χ3n) is 5.90. The van der Waals surface area contributed by atoms with E-state index in [1.54, 1.807) is 24.4 Å². The van der Waals surface area contributed by atoms with E-state index >= 15 is 0 Å². The molecule has 0 bridgehead atoms. The van der Waals surface area contributed by atoms with Crippen molar-refractivity contribution in [3.8, 4) is 0 Å². The summed E-state index contributed by atoms with van der Waals surface area (Å²) in [7, 11) is 3.99. The highest BCUT2D eigenvalue weighted by molar-refractivity contribution is 5.92. The van der Waals surface area contributed by atoms with Gasteiger partial charge in [-0.3, -0.25) is 9.78 Å². The third kappa shape index (κ3) is 5.41. The van der Waals surface area contributed by atoms with Crippen LogP contribution in [-0.4, -0.2) is 66.1 Å². The number of aliphatic hydroxyl groups is 1. The van der Waals surface area contributed by atoms with Gasteiger partial charge in [0.1, 0.15) is 5.82 Å². The van der Waals surface area contributed by atoms with E-state index in [-0.39, 0.29) is 11.7 Å². The molecule has 1 aromatic heterocycles. The first-order valence-corrected chi connectivity index (χ1v) is 10.4. The van der Waals surface area contributed by atoms with E-state index in [0.29, 0.717) is 12.0 Å². The Kier molecular flexibility index (Phi) is 7.18. The maximum absolute atomic E-state index is 13.3. The van der Waals surface area contributed by atoms with Gasteiger partial charge in [-0.1, -0.05) is 12.1 Å². The number of pyridine rings is 1. The van der Waals surface area contributed by atoms with E-state index in [1.165, 1.54) is 12.3 Å². The molecule has 1 aromatic carbocycles. The van der Waals surface area contributed by atoms with Crippen LogP contribution in [0.5, 0.6) is 0 Å². The number of amides is 1. The first-order chi connectivity index (χ1) is 14.3. The smallest absolute Gasteiger partial charge is 0.248 e. The molecule has 1 aliphatic heterocycles. The Balaban J connectivity index is 1.69. The topological polar surface area (TPSA) is 82.7 Å². The monoisotopic (exact) mass is 414 g/mol. The number of hydrogen-bond donors (Lipinski definition) is 2. The molecule has 1 aliphatic rings. The summed E-state index contributed by atoms with van der Waals surface area (Å²) >= 11 is 0. The largest absolute Gasteiger partial charge is 0.385 e. The highest BCUT2D eigenvalue weighted by atomic mass is 19.1. The molecule has 0 radical (unpaired) electrons. The van der Waals surface area contributed by atoms with Gasteiger partial charge in [0.25, 0.3) is 0 Å². The van der Waals surface area contributed by atoms with Gasteiger partial charge >= 0.3 is 0 Å². The zero-order valence-corrected chi connectivity index (χ0v) is 17.7. The molecule has 30 heavy (non-hydrogen) atoms. The molecule has 0 spiro atoms. The molecule has 162 valence electrons. The lowest BCUT2D eigenvalue weighted by atomic mass is 9.75. The lowest BCUT2D eigenvalue weighted by Gasteiger charge is -2.46. The molecule has 1 amide bonds. The van der Waals surface area contributed by atoms with Crippen molar-refractivity contribution in [2.75, 3.05) is 40.3 Å². The van der Waals surface area contributed by atoms with Crippen LogP contribution in [0, 0.1) is 11.7 Å². The molecular weight excluding hydrogens is 383 g/mol. The molecule has 3 N–H and O–H groups in total. The summed E-state index contributed by atoms with van der Waals surface area (Å²) in [5.74, 6) is -0.811. The maximum Gasteiger partial charge on any atom is 0.248 e. The van der Waals surface area contributed by atoms with Crippen molar-refractivity contribution in [3.05, 3.63) is 65.2 Å². The Morgan fingerprint density at radius 1 is 1.37 bits per heavy atom. The lowest BCUT2D eigenvalue weighted by molar-refractivity contribution is -0.0846. The summed E-state index contributed by atoms with van der Waals surface area (Å²) in [6.45, 7) is 3.10. The lowest BCUT2D eigenvalue weighted by Crippen LogP contribution is -2.53. The zero-order chi connectivity index (χ0) is 21.7. The molecular formula is C23H31FN4O2. The number of benzene rings is 1. The summed E-state index contributed by atoms with van der Waals surface area (Å²) in [5, 5.41) is 11.7. The number of aryl methyl sites for hydroxylation is 1. The number of primary amides is 1. The highest BCUT2D eigenvalue weighted by Crippen LogP contribution is 2.38. The van der Waals surface area contributed by atoms with Crippen LogP contribution in [0.25, 0.3) is 0 Å². The van der Waals surface area contributed by atoms with Crippen LogP contribution in [0.4, 0.5) is 4.39 Å². The Hall–Kier alpha value is -2.35. The van der Waals surface area contributed by atoms with Gasteiger partial charge in [0.15, 0.2) is 0 Å². The number of nitrogens with zero attached hydrogens (tertiary/aromatic N) is 3. The summed E-state index contributed by atoms with van der Waals surface area (Å²) in [5.41, 5.74) is 6.48. The second-order valence-electron chi connectivity index (χ2n) is 8.49. The first-order valence-electron chi connectivity index (χ1n) is 10.4. The van der Waals surface area contributed by atoms with Gasteiger partial charge in [-0.25, -0.2) is 4.39 Å². The fourth-order valence-electron chi connectivity index (χ4n) is 4.36. The number of aromatic nitrogens is 1. The van der Waals surface area contributed by atoms with Gasteiger partial charge in [-0.15, -0.1) is 0 Å². The minimum atomic E-state index is -1.02. The van der Waals surface area contributed by atoms with Crippen molar-refractivity contribution in [3.63, 3.8) is 0 Å². The van der Waals surface area contributed by atoms with Gasteiger partial charge in [-0.05, 0) is 69.2 Å². The summed E-state index contributed by atoms with van der Waals surface area (Å²) in [4.78, 5) is 19.9. The highest BCUT2D eigenvalue weighted by Gasteiger charge is 2.43. The number of halogens is 1. The van der Waals surface area contributed by atoms with E-state index in [9.17, 15) is 14.3 Å². The normalized spacial score (nSPS) is 22.4. The summed E-state index contributed by atoms with van der Waals surface area (Å²) in [6, 6.07) is 8.58. The average molecular weight is 415 g/mol. The van der Waals surface area contributed by atoms with Crippen LogP contribution in [0.1, 0.15) is 34.3 Å². The van der Waals surface area contributed by atoms with Gasteiger partial charge in [0.05, 0.1) is 11.8 Å². The Labute approximate surface area is 177 Å². The van der Waals surface area contributed by atoms with E-state index in [0.717, 1.165) is 50.1 Å². The van der Waals surface area contributed by atoms with Gasteiger partial charge in [0, 0.05) is 37.3 Å². The van der Waals surface area contributed by atoms with Crippen LogP contribution >= 0.6 is 0 Å². The molecule has 2 heterocycles. The summed E-state index contributed by atoms with van der Waals surface area (Å²) < 4.78 is 13.3. The molecule has 1 fully saturated rings. The molecule has 0 unspecified atom stereocenters. The Morgan fingerprint density at radius 2 is 2.17 bits per heavy atom. The Bertz CT molecular complexity index is 876. The fraction of sp³-hybridized carbons (Fsp3) is 0.478. The predicted molar refractivity (Wildman–Crippen MR) is 114 cm³/mol. The second-order valence-corrected chi connectivity index (χ2v) is 8.49.